The number of likely N-dealkylation sites (N-methyl/N-ethyl adjacent to an activating group) is 1. The van der Waals surface area contributed by atoms with E-state index in [0.29, 0.717) is 0 Å². The van der Waals surface area contributed by atoms with Gasteiger partial charge in [0.25, 0.3) is 0 Å². The van der Waals surface area contributed by atoms with Gasteiger partial charge in [-0.3, -0.25) is 0 Å². The lowest BCUT2D eigenvalue weighted by molar-refractivity contribution is 0.410. The molecule has 0 bridgehead atoms. The minimum Gasteiger partial charge on any atom is -0.389 e. The molecule has 0 fully saturated rings. The summed E-state index contributed by atoms with van der Waals surface area (Å²) in [6, 6.07) is 17.6. The van der Waals surface area contributed by atoms with E-state index < -0.39 is 0 Å². The zero-order chi connectivity index (χ0) is 15.4. The van der Waals surface area contributed by atoms with Crippen molar-refractivity contribution in [2.75, 3.05) is 27.2 Å². The molecule has 0 unspecified atom stereocenters. The number of nitrogens with zero attached hydrogens (tertiary/aromatic N) is 1. The zero-order valence-electron chi connectivity index (χ0n) is 13.5. The maximum absolute atomic E-state index is 3.49. The third-order valence-corrected chi connectivity index (χ3v) is 4.23. The van der Waals surface area contributed by atoms with Crippen LogP contribution in [0.15, 0.2) is 54.7 Å². The zero-order valence-corrected chi connectivity index (χ0v) is 13.5. The second kappa shape index (κ2) is 6.80. The van der Waals surface area contributed by atoms with Crippen LogP contribution < -0.4 is 5.32 Å². The summed E-state index contributed by atoms with van der Waals surface area (Å²) in [6.45, 7) is 1.99. The molecule has 22 heavy (non-hydrogen) atoms. The van der Waals surface area contributed by atoms with E-state index >= 15 is 0 Å². The van der Waals surface area contributed by atoms with Crippen molar-refractivity contribution in [3.8, 4) is 0 Å². The molecule has 2 heteroatoms. The molecule has 0 spiro atoms. The molecule has 2 aromatic carbocycles. The van der Waals surface area contributed by atoms with Gasteiger partial charge in [-0.15, -0.1) is 0 Å². The molecule has 0 aliphatic heterocycles. The number of hydrogen-bond donors (Lipinski definition) is 1. The first-order chi connectivity index (χ1) is 10.8. The molecule has 0 heterocycles. The van der Waals surface area contributed by atoms with Crippen LogP contribution in [0.25, 0.3) is 5.57 Å². The van der Waals surface area contributed by atoms with Crippen molar-refractivity contribution in [1.29, 1.82) is 0 Å². The summed E-state index contributed by atoms with van der Waals surface area (Å²) in [5.74, 6) is 0. The molecular formula is C20H24N2. The largest absolute Gasteiger partial charge is 0.389 e. The van der Waals surface area contributed by atoms with E-state index in [1.807, 2.05) is 0 Å². The SMILES string of the molecule is CN(C)CCNC=C1c2ccccc2CCc2ccccc21. The van der Waals surface area contributed by atoms with Gasteiger partial charge in [0.15, 0.2) is 0 Å². The highest BCUT2D eigenvalue weighted by molar-refractivity contribution is 5.83. The van der Waals surface area contributed by atoms with Crippen LogP contribution in [0.2, 0.25) is 0 Å². The third-order valence-electron chi connectivity index (χ3n) is 4.23. The highest BCUT2D eigenvalue weighted by atomic mass is 15.1. The molecule has 0 aromatic heterocycles. The van der Waals surface area contributed by atoms with E-state index in [0.717, 1.165) is 25.9 Å². The third kappa shape index (κ3) is 3.23. The van der Waals surface area contributed by atoms with Crippen LogP contribution in [0.4, 0.5) is 0 Å². The Hall–Kier alpha value is -2.06. The number of rotatable bonds is 4. The second-order valence-corrected chi connectivity index (χ2v) is 6.13. The molecule has 1 aliphatic rings. The minimum absolute atomic E-state index is 0.959. The van der Waals surface area contributed by atoms with Crippen molar-refractivity contribution in [3.05, 3.63) is 77.0 Å². The van der Waals surface area contributed by atoms with Crippen molar-refractivity contribution in [2.45, 2.75) is 12.8 Å². The minimum atomic E-state index is 0.959. The van der Waals surface area contributed by atoms with Gasteiger partial charge in [0.05, 0.1) is 0 Å². The maximum atomic E-state index is 3.49. The Morgan fingerprint density at radius 3 is 2.00 bits per heavy atom. The van der Waals surface area contributed by atoms with Crippen LogP contribution >= 0.6 is 0 Å². The Labute approximate surface area is 133 Å². The lowest BCUT2D eigenvalue weighted by Crippen LogP contribution is -2.23. The van der Waals surface area contributed by atoms with Crippen molar-refractivity contribution >= 4 is 5.57 Å². The highest BCUT2D eigenvalue weighted by Gasteiger charge is 2.17. The molecule has 0 saturated carbocycles. The maximum Gasteiger partial charge on any atom is 0.0269 e. The Kier molecular flexibility index (Phi) is 4.59. The van der Waals surface area contributed by atoms with Crippen molar-refractivity contribution in [2.24, 2.45) is 0 Å². The Bertz CT molecular complexity index is 621. The van der Waals surface area contributed by atoms with Gasteiger partial charge < -0.3 is 10.2 Å². The molecule has 2 aromatic rings. The van der Waals surface area contributed by atoms with Gasteiger partial charge in [0.2, 0.25) is 0 Å². The fourth-order valence-electron chi connectivity index (χ4n) is 3.03. The first-order valence-electron chi connectivity index (χ1n) is 8.00. The number of nitrogens with one attached hydrogen (secondary N) is 1. The number of aryl methyl sites for hydroxylation is 2. The first-order valence-corrected chi connectivity index (χ1v) is 8.00. The van der Waals surface area contributed by atoms with Crippen LogP contribution in [0, 0.1) is 0 Å². The lowest BCUT2D eigenvalue weighted by Gasteiger charge is -2.14. The molecule has 1 aliphatic carbocycles. The van der Waals surface area contributed by atoms with Gasteiger partial charge >= 0.3 is 0 Å². The van der Waals surface area contributed by atoms with Crippen LogP contribution in [-0.2, 0) is 12.8 Å². The van der Waals surface area contributed by atoms with E-state index in [-0.39, 0.29) is 0 Å². The fraction of sp³-hybridized carbons (Fsp3) is 0.300. The van der Waals surface area contributed by atoms with Gasteiger partial charge in [0, 0.05) is 24.9 Å². The molecular weight excluding hydrogens is 268 g/mol. The van der Waals surface area contributed by atoms with Crippen molar-refractivity contribution in [3.63, 3.8) is 0 Å². The van der Waals surface area contributed by atoms with E-state index in [4.69, 9.17) is 0 Å². The topological polar surface area (TPSA) is 15.3 Å². The van der Waals surface area contributed by atoms with Gasteiger partial charge in [-0.05, 0) is 49.2 Å². The van der Waals surface area contributed by atoms with Crippen LogP contribution in [-0.4, -0.2) is 32.1 Å². The van der Waals surface area contributed by atoms with E-state index in [9.17, 15) is 0 Å². The standard InChI is InChI=1S/C20H24N2/c1-22(2)14-13-21-15-20-18-9-5-3-7-16(18)11-12-17-8-4-6-10-19(17)20/h3-10,15,21H,11-14H2,1-2H3. The predicted octanol–water partition coefficient (Wildman–Crippen LogP) is 3.33. The van der Waals surface area contributed by atoms with Gasteiger partial charge in [-0.1, -0.05) is 48.5 Å². The second-order valence-electron chi connectivity index (χ2n) is 6.13. The lowest BCUT2D eigenvalue weighted by atomic mass is 9.95. The summed E-state index contributed by atoms with van der Waals surface area (Å²) in [5, 5.41) is 3.49. The molecule has 0 radical (unpaired) electrons. The van der Waals surface area contributed by atoms with Gasteiger partial charge in [-0.25, -0.2) is 0 Å². The Morgan fingerprint density at radius 1 is 0.909 bits per heavy atom. The monoisotopic (exact) mass is 292 g/mol. The summed E-state index contributed by atoms with van der Waals surface area (Å²) in [7, 11) is 4.20. The van der Waals surface area contributed by atoms with Crippen LogP contribution in [0.5, 0.6) is 0 Å². The Morgan fingerprint density at radius 2 is 1.45 bits per heavy atom. The molecule has 1 N–H and O–H groups in total. The van der Waals surface area contributed by atoms with Crippen LogP contribution in [0.1, 0.15) is 22.3 Å². The normalized spacial score (nSPS) is 13.3. The van der Waals surface area contributed by atoms with E-state index in [1.165, 1.54) is 27.8 Å². The fourth-order valence-corrected chi connectivity index (χ4v) is 3.03. The average molecular weight is 292 g/mol. The molecule has 0 atom stereocenters. The summed E-state index contributed by atoms with van der Waals surface area (Å²) < 4.78 is 0. The molecule has 0 amide bonds. The first kappa shape index (κ1) is 14.9. The van der Waals surface area contributed by atoms with Crippen molar-refractivity contribution < 1.29 is 0 Å². The number of hydrogen-bond acceptors (Lipinski definition) is 2. The quantitative estimate of drug-likeness (QED) is 0.870. The summed E-state index contributed by atoms with van der Waals surface area (Å²) in [5.41, 5.74) is 6.94. The molecule has 0 saturated heterocycles. The van der Waals surface area contributed by atoms with Crippen molar-refractivity contribution in [1.82, 2.24) is 10.2 Å². The van der Waals surface area contributed by atoms with Gasteiger partial charge in [-0.2, -0.15) is 0 Å². The van der Waals surface area contributed by atoms with E-state index in [1.54, 1.807) is 0 Å². The molecule has 2 nitrogen and oxygen atoms in total. The Balaban J connectivity index is 1.97. The highest BCUT2D eigenvalue weighted by Crippen LogP contribution is 2.32. The average Bonchev–Trinajstić information content (AvgIpc) is 2.69. The number of fused-ring (bicyclic) bond motifs is 2. The van der Waals surface area contributed by atoms with Crippen LogP contribution in [0.3, 0.4) is 0 Å². The predicted molar refractivity (Wildman–Crippen MR) is 93.9 cm³/mol. The molecule has 3 rings (SSSR count). The summed E-state index contributed by atoms with van der Waals surface area (Å²) >= 11 is 0. The van der Waals surface area contributed by atoms with Gasteiger partial charge in [0.1, 0.15) is 0 Å². The molecule has 114 valence electrons. The smallest absolute Gasteiger partial charge is 0.0269 e. The summed E-state index contributed by atoms with van der Waals surface area (Å²) in [6.07, 6.45) is 4.43. The number of benzene rings is 2. The van der Waals surface area contributed by atoms with E-state index in [2.05, 4.69) is 79.0 Å². The summed E-state index contributed by atoms with van der Waals surface area (Å²) in [4.78, 5) is 2.19.